The molecular formula is C33H24N4O2. The number of ketones is 1. The number of carbonyl (C=O) groups excluding carboxylic acids is 2. The van der Waals surface area contributed by atoms with Crippen molar-refractivity contribution in [1.82, 2.24) is 14.9 Å². The first-order chi connectivity index (χ1) is 19.1. The first kappa shape index (κ1) is 22.3. The number of hydrogen-bond acceptors (Lipinski definition) is 5. The van der Waals surface area contributed by atoms with Crippen molar-refractivity contribution >= 4 is 28.4 Å². The second-order valence-electron chi connectivity index (χ2n) is 10.6. The van der Waals surface area contributed by atoms with Gasteiger partial charge in [0.15, 0.2) is 5.78 Å². The number of aromatic nitrogens is 2. The molecule has 0 radical (unpaired) electrons. The van der Waals surface area contributed by atoms with Crippen LogP contribution in [0.1, 0.15) is 27.2 Å². The number of amides is 1. The molecule has 1 aromatic heterocycles. The summed E-state index contributed by atoms with van der Waals surface area (Å²) in [4.78, 5) is 41.6. The highest BCUT2D eigenvalue weighted by Crippen LogP contribution is 2.67. The number of benzene rings is 4. The first-order valence-electron chi connectivity index (χ1n) is 13.2. The number of likely N-dealkylation sites (tertiary alicyclic amines) is 1. The van der Waals surface area contributed by atoms with Crippen LogP contribution in [0.5, 0.6) is 0 Å². The van der Waals surface area contributed by atoms with Crippen molar-refractivity contribution < 1.29 is 9.59 Å². The van der Waals surface area contributed by atoms with Gasteiger partial charge in [0.2, 0.25) is 5.91 Å². The molecule has 1 N–H and O–H groups in total. The SMILES string of the molecule is CN1C[C@@H](C(=O)c2ccccc2)[C@]2(C(=O)Nc3ccccc32)[C@@]12c1ccccc1-c1nc3ccccc3nc12. The van der Waals surface area contributed by atoms with Gasteiger partial charge in [0.25, 0.3) is 0 Å². The molecule has 6 nitrogen and oxygen atoms in total. The van der Waals surface area contributed by atoms with Crippen LogP contribution in [0.3, 0.4) is 0 Å². The minimum absolute atomic E-state index is 0.0501. The zero-order valence-electron chi connectivity index (χ0n) is 21.3. The Morgan fingerprint density at radius 2 is 1.46 bits per heavy atom. The van der Waals surface area contributed by atoms with E-state index in [-0.39, 0.29) is 11.7 Å². The number of Topliss-reactive ketones (excluding diaryl/α,β-unsaturated/α-hetero) is 1. The lowest BCUT2D eigenvalue weighted by atomic mass is 9.58. The Labute approximate surface area is 225 Å². The molecule has 4 aromatic carbocycles. The van der Waals surface area contributed by atoms with Crippen molar-refractivity contribution in [3.63, 3.8) is 0 Å². The van der Waals surface area contributed by atoms with E-state index in [1.807, 2.05) is 98.0 Å². The summed E-state index contributed by atoms with van der Waals surface area (Å²) >= 11 is 0. The second kappa shape index (κ2) is 7.68. The Kier molecular flexibility index (Phi) is 4.39. The summed E-state index contributed by atoms with van der Waals surface area (Å²) in [6.07, 6.45) is 0. The zero-order chi connectivity index (χ0) is 26.4. The van der Waals surface area contributed by atoms with Gasteiger partial charge in [0, 0.05) is 23.4 Å². The minimum Gasteiger partial charge on any atom is -0.325 e. The van der Waals surface area contributed by atoms with E-state index >= 15 is 0 Å². The maximum Gasteiger partial charge on any atom is 0.238 e. The van der Waals surface area contributed by atoms with Crippen molar-refractivity contribution in [2.45, 2.75) is 11.0 Å². The molecule has 39 heavy (non-hydrogen) atoms. The molecule has 1 amide bonds. The largest absolute Gasteiger partial charge is 0.325 e. The molecule has 188 valence electrons. The fraction of sp³-hybridized carbons (Fsp3) is 0.152. The Morgan fingerprint density at radius 3 is 2.26 bits per heavy atom. The fourth-order valence-electron chi connectivity index (χ4n) is 7.53. The van der Waals surface area contributed by atoms with Gasteiger partial charge >= 0.3 is 0 Å². The summed E-state index contributed by atoms with van der Waals surface area (Å²) in [6.45, 7) is 0.387. The van der Waals surface area contributed by atoms with Crippen LogP contribution in [0.4, 0.5) is 5.69 Å². The predicted octanol–water partition coefficient (Wildman–Crippen LogP) is 5.19. The number of rotatable bonds is 2. The molecule has 1 fully saturated rings. The van der Waals surface area contributed by atoms with Crippen LogP contribution < -0.4 is 5.32 Å². The van der Waals surface area contributed by atoms with Crippen LogP contribution in [0.15, 0.2) is 103 Å². The fourth-order valence-corrected chi connectivity index (χ4v) is 7.53. The lowest BCUT2D eigenvalue weighted by Crippen LogP contribution is -2.58. The lowest BCUT2D eigenvalue weighted by molar-refractivity contribution is -0.124. The van der Waals surface area contributed by atoms with Crippen molar-refractivity contribution in [2.75, 3.05) is 18.9 Å². The number of fused-ring (bicyclic) bond motifs is 9. The Bertz CT molecular complexity index is 1850. The minimum atomic E-state index is -1.26. The molecule has 1 saturated heterocycles. The average molecular weight is 509 g/mol. The number of nitrogens with one attached hydrogen (secondary N) is 1. The molecular weight excluding hydrogens is 484 g/mol. The van der Waals surface area contributed by atoms with Crippen molar-refractivity contribution in [2.24, 2.45) is 5.92 Å². The summed E-state index contributed by atoms with van der Waals surface area (Å²) in [7, 11) is 2.01. The van der Waals surface area contributed by atoms with Crippen LogP contribution in [-0.4, -0.2) is 40.2 Å². The summed E-state index contributed by atoms with van der Waals surface area (Å²) in [5.41, 5.74) is 4.80. The molecule has 3 atom stereocenters. The van der Waals surface area contributed by atoms with Crippen molar-refractivity contribution in [3.05, 3.63) is 126 Å². The molecule has 5 aromatic rings. The number of likely N-dealkylation sites (N-methyl/N-ethyl adjacent to an activating group) is 1. The maximum absolute atomic E-state index is 14.7. The Hall–Kier alpha value is -4.68. The monoisotopic (exact) mass is 508 g/mol. The normalized spacial score (nSPS) is 24.6. The molecule has 2 aliphatic heterocycles. The number of hydrogen-bond donors (Lipinski definition) is 1. The summed E-state index contributed by atoms with van der Waals surface area (Å²) in [6, 6.07) is 33.0. The molecule has 8 rings (SSSR count). The average Bonchev–Trinajstić information content (AvgIpc) is 3.55. The first-order valence-corrected chi connectivity index (χ1v) is 13.2. The van der Waals surface area contributed by atoms with E-state index in [1.54, 1.807) is 0 Å². The van der Waals surface area contributed by atoms with Gasteiger partial charge in [-0.2, -0.15) is 0 Å². The van der Waals surface area contributed by atoms with E-state index in [0.717, 1.165) is 44.8 Å². The van der Waals surface area contributed by atoms with Gasteiger partial charge < -0.3 is 5.32 Å². The molecule has 3 aliphatic rings. The molecule has 3 heterocycles. The van der Waals surface area contributed by atoms with Crippen molar-refractivity contribution in [1.29, 1.82) is 0 Å². The van der Waals surface area contributed by atoms with E-state index < -0.39 is 16.9 Å². The zero-order valence-corrected chi connectivity index (χ0v) is 21.3. The molecule has 0 saturated carbocycles. The summed E-state index contributed by atoms with van der Waals surface area (Å²) < 4.78 is 0. The number of nitrogens with zero attached hydrogens (tertiary/aromatic N) is 3. The highest BCUT2D eigenvalue weighted by Gasteiger charge is 2.76. The van der Waals surface area contributed by atoms with E-state index in [1.165, 1.54) is 0 Å². The highest BCUT2D eigenvalue weighted by molar-refractivity contribution is 6.14. The van der Waals surface area contributed by atoms with Gasteiger partial charge in [-0.15, -0.1) is 0 Å². The van der Waals surface area contributed by atoms with Crippen LogP contribution in [0.25, 0.3) is 22.3 Å². The second-order valence-corrected chi connectivity index (χ2v) is 10.6. The molecule has 1 aliphatic carbocycles. The van der Waals surface area contributed by atoms with Gasteiger partial charge in [-0.3, -0.25) is 14.5 Å². The predicted molar refractivity (Wildman–Crippen MR) is 149 cm³/mol. The third-order valence-corrected chi connectivity index (χ3v) is 8.94. The summed E-state index contributed by atoms with van der Waals surface area (Å²) in [5, 5.41) is 3.17. The smallest absolute Gasteiger partial charge is 0.238 e. The number of anilines is 1. The van der Waals surface area contributed by atoms with Crippen LogP contribution in [0.2, 0.25) is 0 Å². The van der Waals surface area contributed by atoms with Gasteiger partial charge in [-0.25, -0.2) is 9.97 Å². The van der Waals surface area contributed by atoms with E-state index in [2.05, 4.69) is 22.3 Å². The third kappa shape index (κ3) is 2.55. The van der Waals surface area contributed by atoms with Crippen LogP contribution in [0, 0.1) is 5.92 Å². The Morgan fingerprint density at radius 1 is 0.821 bits per heavy atom. The highest BCUT2D eigenvalue weighted by atomic mass is 16.2. The Balaban J connectivity index is 1.53. The van der Waals surface area contributed by atoms with Gasteiger partial charge in [0.1, 0.15) is 11.0 Å². The summed E-state index contributed by atoms with van der Waals surface area (Å²) in [5.74, 6) is -0.883. The molecule has 6 heteroatoms. The van der Waals surface area contributed by atoms with Crippen molar-refractivity contribution in [3.8, 4) is 11.3 Å². The van der Waals surface area contributed by atoms with E-state index in [9.17, 15) is 9.59 Å². The molecule has 0 unspecified atom stereocenters. The van der Waals surface area contributed by atoms with E-state index in [0.29, 0.717) is 12.1 Å². The van der Waals surface area contributed by atoms with Crippen LogP contribution >= 0.6 is 0 Å². The van der Waals surface area contributed by atoms with Gasteiger partial charge in [-0.1, -0.05) is 84.9 Å². The topological polar surface area (TPSA) is 75.2 Å². The quantitative estimate of drug-likeness (QED) is 0.332. The van der Waals surface area contributed by atoms with Gasteiger partial charge in [-0.05, 0) is 36.4 Å². The standard InChI is InChI=1S/C33H24N4O2/c1-37-19-24(29(38)20-11-3-2-4-12-20)32(23-15-7-8-16-25(23)36-31(32)39)33(37)22-14-6-5-13-21(22)28-30(33)35-27-18-10-9-17-26(27)34-28/h2-18,24H,19H2,1H3,(H,36,39)/t24-,32+,33-/m0/s1. The van der Waals surface area contributed by atoms with Crippen LogP contribution in [-0.2, 0) is 15.7 Å². The number of para-hydroxylation sites is 3. The maximum atomic E-state index is 14.7. The third-order valence-electron chi connectivity index (χ3n) is 8.94. The molecule has 2 spiro atoms. The molecule has 0 bridgehead atoms. The van der Waals surface area contributed by atoms with Gasteiger partial charge in [0.05, 0.1) is 28.3 Å². The van der Waals surface area contributed by atoms with E-state index in [4.69, 9.17) is 9.97 Å². The number of carbonyl (C=O) groups is 2. The lowest BCUT2D eigenvalue weighted by Gasteiger charge is -2.45.